The van der Waals surface area contributed by atoms with Crippen LogP contribution in [0.1, 0.15) is 18.5 Å². The summed E-state index contributed by atoms with van der Waals surface area (Å²) in [6, 6.07) is 10.1. The Bertz CT molecular complexity index is 501. The van der Waals surface area contributed by atoms with Crippen LogP contribution < -0.4 is 11.1 Å². The molecule has 5 heteroatoms. The Balaban J connectivity index is 2.18. The zero-order chi connectivity index (χ0) is 12.3. The molecule has 3 N–H and O–H groups in total. The van der Waals surface area contributed by atoms with Crippen LogP contribution in [-0.4, -0.2) is 9.97 Å². The van der Waals surface area contributed by atoms with Crippen molar-refractivity contribution in [3.05, 3.63) is 47.4 Å². The monoisotopic (exact) mass is 248 g/mol. The second-order valence-electron chi connectivity index (χ2n) is 3.72. The van der Waals surface area contributed by atoms with Gasteiger partial charge >= 0.3 is 0 Å². The zero-order valence-corrected chi connectivity index (χ0v) is 10.1. The quantitative estimate of drug-likeness (QED) is 0.820. The van der Waals surface area contributed by atoms with Crippen molar-refractivity contribution in [3.8, 4) is 0 Å². The first-order valence-corrected chi connectivity index (χ1v) is 5.64. The highest BCUT2D eigenvalue weighted by Gasteiger charge is 2.08. The van der Waals surface area contributed by atoms with Crippen LogP contribution in [0.25, 0.3) is 0 Å². The third-order valence-electron chi connectivity index (χ3n) is 2.44. The van der Waals surface area contributed by atoms with Gasteiger partial charge in [0.1, 0.15) is 0 Å². The second-order valence-corrected chi connectivity index (χ2v) is 4.06. The van der Waals surface area contributed by atoms with Crippen molar-refractivity contribution in [2.75, 3.05) is 11.1 Å². The maximum Gasteiger partial charge on any atom is 0.224 e. The third-order valence-corrected chi connectivity index (χ3v) is 2.62. The van der Waals surface area contributed by atoms with E-state index in [1.54, 1.807) is 0 Å². The lowest BCUT2D eigenvalue weighted by Crippen LogP contribution is -2.10. The topological polar surface area (TPSA) is 63.8 Å². The van der Waals surface area contributed by atoms with Crippen LogP contribution in [0, 0.1) is 0 Å². The predicted octanol–water partition coefficient (Wildman–Crippen LogP) is 2.89. The summed E-state index contributed by atoms with van der Waals surface area (Å²) < 4.78 is 0. The Morgan fingerprint density at radius 2 is 2.00 bits per heavy atom. The van der Waals surface area contributed by atoms with Gasteiger partial charge in [-0.2, -0.15) is 4.98 Å². The van der Waals surface area contributed by atoms with Crippen LogP contribution in [-0.2, 0) is 0 Å². The molecular weight excluding hydrogens is 236 g/mol. The summed E-state index contributed by atoms with van der Waals surface area (Å²) in [6.07, 6.45) is 1.50. The molecule has 0 aliphatic rings. The number of nitrogen functional groups attached to an aromatic ring is 1. The summed E-state index contributed by atoms with van der Waals surface area (Å²) >= 11 is 5.73. The molecule has 0 saturated carbocycles. The average Bonchev–Trinajstić information content (AvgIpc) is 2.35. The first kappa shape index (κ1) is 11.7. The van der Waals surface area contributed by atoms with Gasteiger partial charge in [0.05, 0.1) is 17.9 Å². The number of hydrogen-bond donors (Lipinski definition) is 2. The van der Waals surface area contributed by atoms with Crippen molar-refractivity contribution in [2.24, 2.45) is 0 Å². The SMILES string of the molecule is C[C@@H](Nc1nc(Cl)ncc1N)c1ccccc1. The molecule has 0 aliphatic heterocycles. The minimum atomic E-state index is 0.101. The van der Waals surface area contributed by atoms with E-state index in [4.69, 9.17) is 17.3 Å². The summed E-state index contributed by atoms with van der Waals surface area (Å²) in [5, 5.41) is 3.39. The molecule has 1 heterocycles. The number of benzene rings is 1. The number of halogens is 1. The number of anilines is 2. The summed E-state index contributed by atoms with van der Waals surface area (Å²) in [4.78, 5) is 7.87. The van der Waals surface area contributed by atoms with Crippen molar-refractivity contribution in [3.63, 3.8) is 0 Å². The minimum Gasteiger partial charge on any atom is -0.394 e. The molecule has 0 fully saturated rings. The number of rotatable bonds is 3. The number of nitrogens with one attached hydrogen (secondary N) is 1. The normalized spacial score (nSPS) is 12.1. The standard InChI is InChI=1S/C12H13ClN4/c1-8(9-5-3-2-4-6-9)16-11-10(14)7-15-12(13)17-11/h2-8H,14H2,1H3,(H,15,16,17)/t8-/m1/s1. The summed E-state index contributed by atoms with van der Waals surface area (Å²) in [7, 11) is 0. The molecule has 0 radical (unpaired) electrons. The van der Waals surface area contributed by atoms with E-state index in [1.807, 2.05) is 37.3 Å². The Morgan fingerprint density at radius 3 is 2.71 bits per heavy atom. The molecule has 2 aromatic rings. The minimum absolute atomic E-state index is 0.101. The molecule has 1 aromatic carbocycles. The van der Waals surface area contributed by atoms with Gasteiger partial charge in [-0.05, 0) is 24.1 Å². The fourth-order valence-electron chi connectivity index (χ4n) is 1.52. The Kier molecular flexibility index (Phi) is 3.44. The van der Waals surface area contributed by atoms with Crippen molar-refractivity contribution in [1.29, 1.82) is 0 Å². The molecule has 0 spiro atoms. The second kappa shape index (κ2) is 5.01. The first-order chi connectivity index (χ1) is 8.16. The fraction of sp³-hybridized carbons (Fsp3) is 0.167. The van der Waals surface area contributed by atoms with Crippen LogP contribution in [0.3, 0.4) is 0 Å². The van der Waals surface area contributed by atoms with E-state index in [-0.39, 0.29) is 11.3 Å². The maximum absolute atomic E-state index is 5.77. The molecule has 2 rings (SSSR count). The highest BCUT2D eigenvalue weighted by molar-refractivity contribution is 6.28. The number of hydrogen-bond acceptors (Lipinski definition) is 4. The van der Waals surface area contributed by atoms with Gasteiger partial charge in [0.2, 0.25) is 5.28 Å². The Hall–Kier alpha value is -1.81. The van der Waals surface area contributed by atoms with Gasteiger partial charge in [-0.25, -0.2) is 4.98 Å². The zero-order valence-electron chi connectivity index (χ0n) is 9.39. The van der Waals surface area contributed by atoms with Crippen molar-refractivity contribution in [1.82, 2.24) is 9.97 Å². The van der Waals surface area contributed by atoms with Crippen molar-refractivity contribution >= 4 is 23.1 Å². The molecule has 0 unspecified atom stereocenters. The predicted molar refractivity (Wildman–Crippen MR) is 69.9 cm³/mol. The summed E-state index contributed by atoms with van der Waals surface area (Å²) in [5.74, 6) is 0.557. The third kappa shape index (κ3) is 2.85. The lowest BCUT2D eigenvalue weighted by Gasteiger charge is -2.15. The van der Waals surface area contributed by atoms with Gasteiger partial charge in [0.15, 0.2) is 5.82 Å². The Morgan fingerprint density at radius 1 is 1.29 bits per heavy atom. The van der Waals surface area contributed by atoms with Gasteiger partial charge in [-0.1, -0.05) is 30.3 Å². The van der Waals surface area contributed by atoms with E-state index in [2.05, 4.69) is 15.3 Å². The van der Waals surface area contributed by atoms with Crippen LogP contribution in [0.4, 0.5) is 11.5 Å². The van der Waals surface area contributed by atoms with Gasteiger partial charge in [0.25, 0.3) is 0 Å². The van der Waals surface area contributed by atoms with Crippen molar-refractivity contribution < 1.29 is 0 Å². The van der Waals surface area contributed by atoms with E-state index in [9.17, 15) is 0 Å². The van der Waals surface area contributed by atoms with Crippen molar-refractivity contribution in [2.45, 2.75) is 13.0 Å². The van der Waals surface area contributed by atoms with Crippen LogP contribution >= 0.6 is 11.6 Å². The average molecular weight is 249 g/mol. The van der Waals surface area contributed by atoms with E-state index in [0.717, 1.165) is 5.56 Å². The fourth-order valence-corrected chi connectivity index (χ4v) is 1.65. The first-order valence-electron chi connectivity index (χ1n) is 5.26. The molecule has 1 atom stereocenters. The summed E-state index contributed by atoms with van der Waals surface area (Å²) in [5.41, 5.74) is 7.41. The van der Waals surface area contributed by atoms with Gasteiger partial charge < -0.3 is 11.1 Å². The highest BCUT2D eigenvalue weighted by atomic mass is 35.5. The molecule has 1 aromatic heterocycles. The molecule has 0 saturated heterocycles. The molecule has 4 nitrogen and oxygen atoms in total. The van der Waals surface area contributed by atoms with Crippen LogP contribution in [0.2, 0.25) is 5.28 Å². The smallest absolute Gasteiger partial charge is 0.224 e. The number of nitrogens with zero attached hydrogens (tertiary/aromatic N) is 2. The summed E-state index contributed by atoms with van der Waals surface area (Å²) in [6.45, 7) is 2.03. The maximum atomic E-state index is 5.77. The van der Waals surface area contributed by atoms with E-state index >= 15 is 0 Å². The van der Waals surface area contributed by atoms with E-state index in [0.29, 0.717) is 11.5 Å². The molecular formula is C12H13ClN4. The van der Waals surface area contributed by atoms with Gasteiger partial charge in [-0.3, -0.25) is 0 Å². The molecule has 0 bridgehead atoms. The molecule has 17 heavy (non-hydrogen) atoms. The molecule has 0 aliphatic carbocycles. The van der Waals surface area contributed by atoms with E-state index in [1.165, 1.54) is 6.20 Å². The largest absolute Gasteiger partial charge is 0.394 e. The Labute approximate surface area is 105 Å². The molecule has 0 amide bonds. The lowest BCUT2D eigenvalue weighted by molar-refractivity contribution is 0.873. The lowest BCUT2D eigenvalue weighted by atomic mass is 10.1. The van der Waals surface area contributed by atoms with Gasteiger partial charge in [0, 0.05) is 0 Å². The van der Waals surface area contributed by atoms with Crippen LogP contribution in [0.15, 0.2) is 36.5 Å². The van der Waals surface area contributed by atoms with E-state index < -0.39 is 0 Å². The van der Waals surface area contributed by atoms with Gasteiger partial charge in [-0.15, -0.1) is 0 Å². The number of nitrogens with two attached hydrogens (primary N) is 1. The number of aromatic nitrogens is 2. The van der Waals surface area contributed by atoms with Crippen LogP contribution in [0.5, 0.6) is 0 Å². The molecule has 88 valence electrons. The highest BCUT2D eigenvalue weighted by Crippen LogP contribution is 2.22.